The van der Waals surface area contributed by atoms with Gasteiger partial charge in [0.05, 0.1) is 11.6 Å². The van der Waals surface area contributed by atoms with Gasteiger partial charge in [-0.3, -0.25) is 19.6 Å². The molecule has 0 bridgehead atoms. The number of carbonyl (C=O) groups is 2. The Morgan fingerprint density at radius 1 is 1.04 bits per heavy atom. The van der Waals surface area contributed by atoms with Crippen molar-refractivity contribution in [2.24, 2.45) is 5.92 Å². The van der Waals surface area contributed by atoms with Crippen LogP contribution in [0.4, 0.5) is 13.2 Å². The van der Waals surface area contributed by atoms with Gasteiger partial charge in [-0.1, -0.05) is 61.9 Å². The minimum Gasteiger partial charge on any atom is -0.346 e. The third kappa shape index (κ3) is 8.35. The van der Waals surface area contributed by atoms with E-state index in [9.17, 15) is 22.8 Å². The van der Waals surface area contributed by atoms with Crippen LogP contribution in [0.1, 0.15) is 71.8 Å². The first kappa shape index (κ1) is 34.9. The number of nitrogens with one attached hydrogen (secondary N) is 1. The van der Waals surface area contributed by atoms with Gasteiger partial charge in [0.2, 0.25) is 5.91 Å². The molecule has 1 amide bonds. The molecule has 0 spiro atoms. The fourth-order valence-corrected chi connectivity index (χ4v) is 7.24. The summed E-state index contributed by atoms with van der Waals surface area (Å²) in [5, 5.41) is 4.49. The van der Waals surface area contributed by atoms with Gasteiger partial charge in [0.15, 0.2) is 0 Å². The van der Waals surface area contributed by atoms with E-state index in [0.717, 1.165) is 60.6 Å². The molecule has 0 unspecified atom stereocenters. The van der Waals surface area contributed by atoms with Gasteiger partial charge in [0.25, 0.3) is 5.78 Å². The topological polar surface area (TPSA) is 88.1 Å². The second kappa shape index (κ2) is 15.7. The molecule has 2 aromatic heterocycles. The zero-order valence-electron chi connectivity index (χ0n) is 26.8. The number of unbranched alkanes of at least 4 members (excludes halogenated alkanes) is 1. The molecule has 1 aliphatic heterocycles. The molecule has 2 aliphatic rings. The molecule has 1 saturated heterocycles. The van der Waals surface area contributed by atoms with Gasteiger partial charge in [-0.05, 0) is 85.8 Å². The number of fused-ring (bicyclic) bond motifs is 2. The van der Waals surface area contributed by atoms with Crippen molar-refractivity contribution in [2.45, 2.75) is 57.0 Å². The number of thiazole rings is 1. The minimum absolute atomic E-state index is 0.281. The van der Waals surface area contributed by atoms with Crippen molar-refractivity contribution in [1.29, 1.82) is 0 Å². The second-order valence-corrected chi connectivity index (χ2v) is 13.1. The zero-order valence-corrected chi connectivity index (χ0v) is 27.6. The zero-order chi connectivity index (χ0) is 34.1. The lowest BCUT2D eigenvalue weighted by molar-refractivity contribution is -0.141. The van der Waals surface area contributed by atoms with E-state index in [1.807, 2.05) is 54.5 Å². The van der Waals surface area contributed by atoms with Crippen LogP contribution < -0.4 is 5.32 Å². The Balaban J connectivity index is 0.000000250. The van der Waals surface area contributed by atoms with Crippen LogP contribution in [0.5, 0.6) is 0 Å². The lowest BCUT2D eigenvalue weighted by atomic mass is 9.63. The molecule has 6 rings (SSSR count). The Labute approximate surface area is 283 Å². The molecule has 0 atom stereocenters. The summed E-state index contributed by atoms with van der Waals surface area (Å²) < 4.78 is 39.1. The molecule has 4 aromatic rings. The molecule has 1 N–H and O–H groups in total. The fourth-order valence-electron chi connectivity index (χ4n) is 6.48. The molecule has 250 valence electrons. The highest BCUT2D eigenvalue weighted by molar-refractivity contribution is 7.13. The van der Waals surface area contributed by atoms with E-state index >= 15 is 0 Å². The number of aromatic nitrogens is 3. The fraction of sp³-hybridized carbons (Fsp3) is 0.378. The number of halogens is 3. The van der Waals surface area contributed by atoms with Gasteiger partial charge in [0, 0.05) is 17.8 Å². The average Bonchev–Trinajstić information content (AvgIpc) is 3.60. The highest BCUT2D eigenvalue weighted by atomic mass is 32.1. The summed E-state index contributed by atoms with van der Waals surface area (Å²) in [5.74, 6) is 1.83. The smallest absolute Gasteiger partial charge is 0.346 e. The highest BCUT2D eigenvalue weighted by Gasteiger charge is 2.47. The van der Waals surface area contributed by atoms with Crippen LogP contribution in [-0.4, -0.2) is 63.9 Å². The van der Waals surface area contributed by atoms with Crippen molar-refractivity contribution in [3.8, 4) is 23.0 Å². The number of nitrogens with zero attached hydrogens (tertiary/aromatic N) is 4. The van der Waals surface area contributed by atoms with E-state index in [2.05, 4.69) is 32.1 Å². The molecule has 1 fully saturated rings. The van der Waals surface area contributed by atoms with E-state index in [4.69, 9.17) is 6.42 Å². The monoisotopic (exact) mass is 673 g/mol. The number of terminal acetylenes is 1. The van der Waals surface area contributed by atoms with Crippen molar-refractivity contribution >= 4 is 23.0 Å². The molecule has 48 heavy (non-hydrogen) atoms. The first-order chi connectivity index (χ1) is 23.1. The van der Waals surface area contributed by atoms with Gasteiger partial charge in [-0.2, -0.15) is 13.2 Å². The molecule has 2 aromatic carbocycles. The first-order valence-electron chi connectivity index (χ1n) is 16.1. The van der Waals surface area contributed by atoms with Gasteiger partial charge >= 0.3 is 6.18 Å². The summed E-state index contributed by atoms with van der Waals surface area (Å²) in [6, 6.07) is 15.5. The van der Waals surface area contributed by atoms with E-state index in [1.165, 1.54) is 24.2 Å². The number of ketones is 1. The Morgan fingerprint density at radius 3 is 2.31 bits per heavy atom. The van der Waals surface area contributed by atoms with E-state index in [-0.39, 0.29) is 5.69 Å². The number of benzene rings is 2. The van der Waals surface area contributed by atoms with Crippen LogP contribution in [0.15, 0.2) is 72.5 Å². The molecule has 11 heteroatoms. The Kier molecular flexibility index (Phi) is 11.4. The number of hydrogen-bond acceptors (Lipinski definition) is 7. The summed E-state index contributed by atoms with van der Waals surface area (Å²) in [4.78, 5) is 39.3. The normalized spacial score (nSPS) is 15.6. The van der Waals surface area contributed by atoms with Gasteiger partial charge in [-0.15, -0.1) is 17.8 Å². The number of amides is 1. The maximum absolute atomic E-state index is 13.6. The van der Waals surface area contributed by atoms with Crippen LogP contribution in [0, 0.1) is 18.3 Å². The Bertz CT molecular complexity index is 1700. The SMILES string of the molecule is C#CC(=O)c1csc(-c2cnccn2)n1.CC1CCN(CCCCC2(C(=O)NCC(F)(F)F)c3ccccc3Cc3ccccc32)CC1. The van der Waals surface area contributed by atoms with Crippen molar-refractivity contribution in [3.05, 3.63) is 100 Å². The molecular formula is C37H38F3N5O2S. The third-order valence-corrected chi connectivity index (χ3v) is 9.84. The maximum Gasteiger partial charge on any atom is 0.405 e. The van der Waals surface area contributed by atoms with Crippen molar-refractivity contribution in [3.63, 3.8) is 0 Å². The summed E-state index contributed by atoms with van der Waals surface area (Å²) in [7, 11) is 0. The standard InChI is InChI=1S/C27H33F3N2O.C10H5N3OS/c1-20-12-16-32(17-13-20)15-7-6-14-26(25(33)31-19-27(28,29)30)23-10-4-2-8-21(23)18-22-9-3-5-11-24(22)26;1-2-9(14)8-6-15-10(13-8)7-5-11-3-4-12-7/h2-5,8-11,20H,6-7,12-19H2,1H3,(H,31,33);1,3-6H. The average molecular weight is 674 g/mol. The van der Waals surface area contributed by atoms with Crippen molar-refractivity contribution < 1.29 is 22.8 Å². The largest absolute Gasteiger partial charge is 0.405 e. The number of carbonyl (C=O) groups excluding carboxylic acids is 2. The van der Waals surface area contributed by atoms with E-state index in [1.54, 1.807) is 24.0 Å². The molecule has 1 aliphatic carbocycles. The Morgan fingerprint density at radius 2 is 1.71 bits per heavy atom. The number of likely N-dealkylation sites (tertiary alicyclic amines) is 1. The molecule has 7 nitrogen and oxygen atoms in total. The number of rotatable bonds is 9. The maximum atomic E-state index is 13.6. The van der Waals surface area contributed by atoms with Crippen LogP contribution in [0.3, 0.4) is 0 Å². The number of Topliss-reactive ketones (excluding diaryl/α,β-unsaturated/α-hetero) is 1. The van der Waals surface area contributed by atoms with Crippen LogP contribution in [0.25, 0.3) is 10.7 Å². The van der Waals surface area contributed by atoms with Crippen molar-refractivity contribution in [2.75, 3.05) is 26.2 Å². The second-order valence-electron chi connectivity index (χ2n) is 12.3. The third-order valence-electron chi connectivity index (χ3n) is 8.97. The van der Waals surface area contributed by atoms with Gasteiger partial charge in [-0.25, -0.2) is 4.98 Å². The summed E-state index contributed by atoms with van der Waals surface area (Å²) >= 11 is 1.32. The molecular weight excluding hydrogens is 636 g/mol. The minimum atomic E-state index is -4.45. The highest BCUT2D eigenvalue weighted by Crippen LogP contribution is 2.45. The lowest BCUT2D eigenvalue weighted by Crippen LogP contribution is -2.50. The van der Waals surface area contributed by atoms with Crippen LogP contribution >= 0.6 is 11.3 Å². The number of alkyl halides is 3. The van der Waals surface area contributed by atoms with Gasteiger partial charge in [0.1, 0.15) is 22.9 Å². The summed E-state index contributed by atoms with van der Waals surface area (Å²) in [6.07, 6.45) is 10.6. The Hall–Kier alpha value is -4.40. The first-order valence-corrected chi connectivity index (χ1v) is 17.0. The van der Waals surface area contributed by atoms with Gasteiger partial charge < -0.3 is 10.2 Å². The van der Waals surface area contributed by atoms with Crippen LogP contribution in [0.2, 0.25) is 0 Å². The number of hydrogen-bond donors (Lipinski definition) is 1. The number of piperidine rings is 1. The molecule has 0 saturated carbocycles. The predicted octanol–water partition coefficient (Wildman–Crippen LogP) is 6.87. The van der Waals surface area contributed by atoms with Crippen molar-refractivity contribution in [1.82, 2.24) is 25.2 Å². The predicted molar refractivity (Wildman–Crippen MR) is 181 cm³/mol. The quantitative estimate of drug-likeness (QED) is 0.0903. The van der Waals surface area contributed by atoms with E-state index < -0.39 is 29.8 Å². The summed E-state index contributed by atoms with van der Waals surface area (Å²) in [5.41, 5.74) is 3.53. The van der Waals surface area contributed by atoms with Crippen LogP contribution in [-0.2, 0) is 16.6 Å². The molecule has 0 radical (unpaired) electrons. The lowest BCUT2D eigenvalue weighted by Gasteiger charge is -2.40. The molecule has 3 heterocycles. The summed E-state index contributed by atoms with van der Waals surface area (Å²) in [6.45, 7) is 4.15. The van der Waals surface area contributed by atoms with E-state index in [0.29, 0.717) is 23.5 Å².